The fourth-order valence-electron chi connectivity index (χ4n) is 1.11. The molecule has 1 aromatic rings. The Kier molecular flexibility index (Phi) is 3.55. The summed E-state index contributed by atoms with van der Waals surface area (Å²) in [7, 11) is 0. The molecule has 0 bridgehead atoms. The molecule has 1 heterocycles. The first-order chi connectivity index (χ1) is 6.26. The van der Waals surface area contributed by atoms with Gasteiger partial charge in [0.25, 0.3) is 0 Å². The van der Waals surface area contributed by atoms with Gasteiger partial charge in [0.2, 0.25) is 0 Å². The molecule has 0 atom stereocenters. The lowest BCUT2D eigenvalue weighted by Crippen LogP contribution is -2.13. The molecule has 0 saturated heterocycles. The third-order valence-electron chi connectivity index (χ3n) is 1.97. The number of anilines is 1. The van der Waals surface area contributed by atoms with Gasteiger partial charge < -0.3 is 10.5 Å². The molecule has 72 valence electrons. The highest BCUT2D eigenvalue weighted by Crippen LogP contribution is 2.14. The fourth-order valence-corrected chi connectivity index (χ4v) is 1.11. The van der Waals surface area contributed by atoms with Gasteiger partial charge >= 0.3 is 0 Å². The third kappa shape index (κ3) is 2.93. The Labute approximate surface area is 78.9 Å². The van der Waals surface area contributed by atoms with E-state index in [0.717, 1.165) is 18.6 Å². The average Bonchev–Trinajstić information content (AvgIpc) is 2.17. The van der Waals surface area contributed by atoms with E-state index in [1.807, 2.05) is 6.07 Å². The molecule has 0 fully saturated rings. The summed E-state index contributed by atoms with van der Waals surface area (Å²) in [5.74, 6) is 1.32. The first-order valence-corrected chi connectivity index (χ1v) is 4.64. The summed E-state index contributed by atoms with van der Waals surface area (Å²) in [6, 6.07) is 3.60. The average molecular weight is 180 g/mol. The van der Waals surface area contributed by atoms with Gasteiger partial charge in [-0.1, -0.05) is 13.8 Å². The first kappa shape index (κ1) is 9.84. The van der Waals surface area contributed by atoms with Crippen molar-refractivity contribution in [1.82, 2.24) is 4.98 Å². The summed E-state index contributed by atoms with van der Waals surface area (Å²) in [5, 5.41) is 0. The molecule has 0 unspecified atom stereocenters. The van der Waals surface area contributed by atoms with Gasteiger partial charge in [0, 0.05) is 0 Å². The number of nitrogen functional groups attached to an aromatic ring is 1. The molecule has 0 aliphatic carbocycles. The summed E-state index contributed by atoms with van der Waals surface area (Å²) in [4.78, 5) is 3.95. The topological polar surface area (TPSA) is 48.1 Å². The predicted octanol–water partition coefficient (Wildman–Crippen LogP) is 2.23. The van der Waals surface area contributed by atoms with Crippen molar-refractivity contribution in [3.63, 3.8) is 0 Å². The largest absolute Gasteiger partial charge is 0.489 e. The Morgan fingerprint density at radius 2 is 2.08 bits per heavy atom. The van der Waals surface area contributed by atoms with Crippen LogP contribution >= 0.6 is 0 Å². The van der Waals surface area contributed by atoms with Crippen molar-refractivity contribution >= 4 is 5.82 Å². The molecule has 0 saturated carbocycles. The first-order valence-electron chi connectivity index (χ1n) is 4.64. The minimum Gasteiger partial charge on any atom is -0.489 e. The SMILES string of the molecule is CCC(CC)Oc1ccc(N)nc1. The van der Waals surface area contributed by atoms with Crippen LogP contribution in [-0.4, -0.2) is 11.1 Å². The predicted molar refractivity (Wildman–Crippen MR) is 53.6 cm³/mol. The molecule has 13 heavy (non-hydrogen) atoms. The van der Waals surface area contributed by atoms with Crippen molar-refractivity contribution in [3.8, 4) is 5.75 Å². The van der Waals surface area contributed by atoms with Gasteiger partial charge in [-0.2, -0.15) is 0 Å². The molecule has 3 nitrogen and oxygen atoms in total. The minimum absolute atomic E-state index is 0.283. The lowest BCUT2D eigenvalue weighted by atomic mass is 10.2. The molecule has 3 heteroatoms. The lowest BCUT2D eigenvalue weighted by molar-refractivity contribution is 0.192. The fraction of sp³-hybridized carbons (Fsp3) is 0.500. The number of nitrogens with two attached hydrogens (primary N) is 1. The maximum atomic E-state index is 5.65. The van der Waals surface area contributed by atoms with E-state index in [9.17, 15) is 0 Å². The Bertz CT molecular complexity index is 242. The van der Waals surface area contributed by atoms with Crippen LogP contribution < -0.4 is 10.5 Å². The van der Waals surface area contributed by atoms with E-state index in [-0.39, 0.29) is 6.10 Å². The van der Waals surface area contributed by atoms with Gasteiger partial charge in [0.1, 0.15) is 11.6 Å². The highest BCUT2D eigenvalue weighted by molar-refractivity contribution is 5.32. The lowest BCUT2D eigenvalue weighted by Gasteiger charge is -2.14. The number of rotatable bonds is 4. The number of aromatic nitrogens is 1. The van der Waals surface area contributed by atoms with E-state index in [2.05, 4.69) is 18.8 Å². The Balaban J connectivity index is 2.58. The second-order valence-electron chi connectivity index (χ2n) is 2.98. The smallest absolute Gasteiger partial charge is 0.138 e. The van der Waals surface area contributed by atoms with Crippen molar-refractivity contribution in [2.45, 2.75) is 32.8 Å². The van der Waals surface area contributed by atoms with E-state index >= 15 is 0 Å². The Morgan fingerprint density at radius 1 is 1.38 bits per heavy atom. The molecule has 0 aliphatic heterocycles. The van der Waals surface area contributed by atoms with Gasteiger partial charge in [0.15, 0.2) is 0 Å². The van der Waals surface area contributed by atoms with Crippen LogP contribution in [0.2, 0.25) is 0 Å². The van der Waals surface area contributed by atoms with Crippen molar-refractivity contribution in [1.29, 1.82) is 0 Å². The molecular formula is C10H16N2O. The van der Waals surface area contributed by atoms with E-state index in [0.29, 0.717) is 5.82 Å². The van der Waals surface area contributed by atoms with Gasteiger partial charge in [-0.3, -0.25) is 0 Å². The standard InChI is InChI=1S/C10H16N2O/c1-3-8(4-2)13-9-5-6-10(11)12-7-9/h5-8H,3-4H2,1-2H3,(H2,11,12). The number of hydrogen-bond acceptors (Lipinski definition) is 3. The quantitative estimate of drug-likeness (QED) is 0.773. The molecule has 1 aromatic heterocycles. The van der Waals surface area contributed by atoms with Crippen LogP contribution in [0.5, 0.6) is 5.75 Å². The zero-order chi connectivity index (χ0) is 9.68. The van der Waals surface area contributed by atoms with E-state index in [4.69, 9.17) is 10.5 Å². The number of pyridine rings is 1. The Morgan fingerprint density at radius 3 is 2.54 bits per heavy atom. The summed E-state index contributed by atoms with van der Waals surface area (Å²) < 4.78 is 5.65. The second-order valence-corrected chi connectivity index (χ2v) is 2.98. The maximum absolute atomic E-state index is 5.65. The van der Waals surface area contributed by atoms with Gasteiger partial charge in [-0.15, -0.1) is 0 Å². The molecule has 0 aliphatic rings. The number of ether oxygens (including phenoxy) is 1. The van der Waals surface area contributed by atoms with E-state index < -0.39 is 0 Å². The Hall–Kier alpha value is -1.25. The van der Waals surface area contributed by atoms with Gasteiger partial charge in [-0.05, 0) is 25.0 Å². The zero-order valence-corrected chi connectivity index (χ0v) is 8.16. The van der Waals surface area contributed by atoms with Gasteiger partial charge in [-0.25, -0.2) is 4.98 Å². The van der Waals surface area contributed by atoms with Crippen LogP contribution in [0.4, 0.5) is 5.82 Å². The minimum atomic E-state index is 0.283. The van der Waals surface area contributed by atoms with E-state index in [1.165, 1.54) is 0 Å². The summed E-state index contributed by atoms with van der Waals surface area (Å²) >= 11 is 0. The summed E-state index contributed by atoms with van der Waals surface area (Å²) in [6.45, 7) is 4.22. The maximum Gasteiger partial charge on any atom is 0.138 e. The zero-order valence-electron chi connectivity index (χ0n) is 8.16. The summed E-state index contributed by atoms with van der Waals surface area (Å²) in [5.41, 5.74) is 5.46. The van der Waals surface area contributed by atoms with Crippen LogP contribution in [0, 0.1) is 0 Å². The molecule has 0 amide bonds. The van der Waals surface area contributed by atoms with Crippen LogP contribution in [0.3, 0.4) is 0 Å². The van der Waals surface area contributed by atoms with Crippen LogP contribution in [0.1, 0.15) is 26.7 Å². The molecule has 0 aromatic carbocycles. The van der Waals surface area contributed by atoms with Crippen molar-refractivity contribution < 1.29 is 4.74 Å². The van der Waals surface area contributed by atoms with E-state index in [1.54, 1.807) is 12.3 Å². The van der Waals surface area contributed by atoms with Crippen LogP contribution in [0.25, 0.3) is 0 Å². The third-order valence-corrected chi connectivity index (χ3v) is 1.97. The number of hydrogen-bond donors (Lipinski definition) is 1. The summed E-state index contributed by atoms with van der Waals surface area (Å²) in [6.07, 6.45) is 3.97. The molecule has 0 spiro atoms. The monoisotopic (exact) mass is 180 g/mol. The van der Waals surface area contributed by atoms with Gasteiger partial charge in [0.05, 0.1) is 12.3 Å². The van der Waals surface area contributed by atoms with Crippen molar-refractivity contribution in [2.24, 2.45) is 0 Å². The highest BCUT2D eigenvalue weighted by atomic mass is 16.5. The normalized spacial score (nSPS) is 10.4. The molecule has 2 N–H and O–H groups in total. The number of nitrogens with zero attached hydrogens (tertiary/aromatic N) is 1. The molecular weight excluding hydrogens is 164 g/mol. The van der Waals surface area contributed by atoms with Crippen molar-refractivity contribution in [3.05, 3.63) is 18.3 Å². The van der Waals surface area contributed by atoms with Crippen LogP contribution in [-0.2, 0) is 0 Å². The van der Waals surface area contributed by atoms with Crippen molar-refractivity contribution in [2.75, 3.05) is 5.73 Å². The second kappa shape index (κ2) is 4.70. The molecule has 0 radical (unpaired) electrons. The highest BCUT2D eigenvalue weighted by Gasteiger charge is 2.04. The van der Waals surface area contributed by atoms with Crippen LogP contribution in [0.15, 0.2) is 18.3 Å². The molecule has 1 rings (SSSR count).